The lowest BCUT2D eigenvalue weighted by molar-refractivity contribution is -0.136. The highest BCUT2D eigenvalue weighted by Crippen LogP contribution is 2.30. The van der Waals surface area contributed by atoms with Crippen LogP contribution in [0.4, 0.5) is 13.2 Å². The molecule has 12 heteroatoms. The molecule has 0 fully saturated rings. The van der Waals surface area contributed by atoms with Crippen LogP contribution < -0.4 is 16.6 Å². The first kappa shape index (κ1) is 20.9. The number of guanidine groups is 1. The third kappa shape index (κ3) is 4.00. The van der Waals surface area contributed by atoms with Crippen LogP contribution in [0.15, 0.2) is 14.6 Å². The van der Waals surface area contributed by atoms with Crippen LogP contribution >= 0.6 is 11.3 Å². The zero-order valence-electron chi connectivity index (χ0n) is 15.8. The Labute approximate surface area is 167 Å². The molecule has 156 valence electrons. The van der Waals surface area contributed by atoms with E-state index in [9.17, 15) is 22.8 Å². The summed E-state index contributed by atoms with van der Waals surface area (Å²) < 4.78 is 40.3. The first-order chi connectivity index (χ1) is 13.7. The van der Waals surface area contributed by atoms with Crippen LogP contribution in [0.25, 0.3) is 10.2 Å². The van der Waals surface area contributed by atoms with Crippen LogP contribution in [-0.4, -0.2) is 39.3 Å². The monoisotopic (exact) mass is 428 g/mol. The van der Waals surface area contributed by atoms with Crippen molar-refractivity contribution in [2.75, 3.05) is 13.1 Å². The van der Waals surface area contributed by atoms with Crippen molar-refractivity contribution in [1.29, 1.82) is 5.26 Å². The Bertz CT molecular complexity index is 1120. The maximum atomic E-state index is 12.8. The first-order valence-electron chi connectivity index (χ1n) is 8.94. The molecule has 2 aromatic heterocycles. The molecule has 0 bridgehead atoms. The first-order valence-corrected chi connectivity index (χ1v) is 9.76. The van der Waals surface area contributed by atoms with Crippen molar-refractivity contribution >= 4 is 27.5 Å². The molecule has 1 aliphatic rings. The van der Waals surface area contributed by atoms with Crippen LogP contribution in [0.5, 0.6) is 0 Å². The average Bonchev–Trinajstić information content (AvgIpc) is 3.20. The molecule has 8 nitrogen and oxygen atoms in total. The molecule has 0 aliphatic carbocycles. The van der Waals surface area contributed by atoms with E-state index in [1.54, 1.807) is 13.8 Å². The largest absolute Gasteiger partial charge is 0.390 e. The van der Waals surface area contributed by atoms with Gasteiger partial charge in [-0.3, -0.25) is 24.2 Å². The van der Waals surface area contributed by atoms with Crippen molar-refractivity contribution in [3.8, 4) is 6.19 Å². The second-order valence-electron chi connectivity index (χ2n) is 6.54. The number of aromatic nitrogens is 2. The molecule has 2 aromatic rings. The highest BCUT2D eigenvalue weighted by molar-refractivity contribution is 7.18. The van der Waals surface area contributed by atoms with Crippen molar-refractivity contribution < 1.29 is 13.2 Å². The van der Waals surface area contributed by atoms with Gasteiger partial charge in [0.05, 0.1) is 24.9 Å². The molecule has 0 unspecified atom stereocenters. The van der Waals surface area contributed by atoms with Gasteiger partial charge in [-0.05, 0) is 19.4 Å². The van der Waals surface area contributed by atoms with Crippen LogP contribution in [0.3, 0.4) is 0 Å². The topological polar surface area (TPSA) is 95.4 Å². The van der Waals surface area contributed by atoms with Gasteiger partial charge in [0.1, 0.15) is 4.83 Å². The molecule has 0 saturated heterocycles. The van der Waals surface area contributed by atoms with E-state index in [2.05, 4.69) is 10.3 Å². The van der Waals surface area contributed by atoms with Crippen LogP contribution in [0.1, 0.15) is 23.8 Å². The molecule has 0 amide bonds. The van der Waals surface area contributed by atoms with Gasteiger partial charge < -0.3 is 4.90 Å². The summed E-state index contributed by atoms with van der Waals surface area (Å²) in [4.78, 5) is 32.4. The van der Waals surface area contributed by atoms with E-state index in [1.165, 1.54) is 0 Å². The fraction of sp³-hybridized carbons (Fsp3) is 0.529. The summed E-state index contributed by atoms with van der Waals surface area (Å²) in [6, 6.07) is 0. The average molecular weight is 428 g/mol. The second-order valence-corrected chi connectivity index (χ2v) is 7.63. The van der Waals surface area contributed by atoms with Crippen molar-refractivity contribution in [2.24, 2.45) is 4.99 Å². The third-order valence-electron chi connectivity index (χ3n) is 4.76. The van der Waals surface area contributed by atoms with E-state index in [0.717, 1.165) is 25.3 Å². The number of aryl methyl sites for hydroxylation is 2. The lowest BCUT2D eigenvalue weighted by atomic mass is 10.2. The van der Waals surface area contributed by atoms with Crippen LogP contribution in [0, 0.1) is 18.4 Å². The van der Waals surface area contributed by atoms with Gasteiger partial charge in [0.25, 0.3) is 5.56 Å². The van der Waals surface area contributed by atoms with Gasteiger partial charge in [-0.2, -0.15) is 18.4 Å². The zero-order valence-corrected chi connectivity index (χ0v) is 16.7. The molecule has 3 rings (SSSR count). The van der Waals surface area contributed by atoms with Crippen molar-refractivity contribution in [1.82, 2.24) is 19.4 Å². The Kier molecular flexibility index (Phi) is 5.70. The van der Waals surface area contributed by atoms with E-state index in [4.69, 9.17) is 5.26 Å². The Hall–Kier alpha value is -2.81. The van der Waals surface area contributed by atoms with Gasteiger partial charge in [0, 0.05) is 24.5 Å². The normalized spacial score (nSPS) is 14.3. The molecule has 29 heavy (non-hydrogen) atoms. The minimum atomic E-state index is -4.42. The molecule has 1 aliphatic heterocycles. The number of halogens is 3. The predicted molar refractivity (Wildman–Crippen MR) is 103 cm³/mol. The molecular weight excluding hydrogens is 409 g/mol. The van der Waals surface area contributed by atoms with Gasteiger partial charge in [-0.25, -0.2) is 4.79 Å². The van der Waals surface area contributed by atoms with E-state index in [0.29, 0.717) is 31.2 Å². The molecule has 1 N–H and O–H groups in total. The van der Waals surface area contributed by atoms with Gasteiger partial charge in [-0.1, -0.05) is 0 Å². The van der Waals surface area contributed by atoms with E-state index in [1.807, 2.05) is 11.1 Å². The summed E-state index contributed by atoms with van der Waals surface area (Å²) in [5.74, 6) is 0.407. The Balaban J connectivity index is 2.11. The smallest absolute Gasteiger partial charge is 0.335 e. The molecule has 0 spiro atoms. The standard InChI is InChI=1S/C17H19F3N6O2S/c1-3-25-13(27)12-10(2)11(8-24-7-5-22-15(24)23-9-21)29-14(12)26(16(25)28)6-4-17(18,19)20/h3-8H2,1-2H3,(H,22,23). The molecule has 0 aromatic carbocycles. The van der Waals surface area contributed by atoms with E-state index in [-0.39, 0.29) is 16.8 Å². The minimum absolute atomic E-state index is 0.0687. The summed E-state index contributed by atoms with van der Waals surface area (Å²) in [5.41, 5.74) is -0.612. The quantitative estimate of drug-likeness (QED) is 0.578. The van der Waals surface area contributed by atoms with E-state index >= 15 is 0 Å². The summed E-state index contributed by atoms with van der Waals surface area (Å²) >= 11 is 1.13. The van der Waals surface area contributed by atoms with Crippen LogP contribution in [0.2, 0.25) is 0 Å². The third-order valence-corrected chi connectivity index (χ3v) is 6.06. The number of thiophene rings is 1. The van der Waals surface area contributed by atoms with Gasteiger partial charge in [0.2, 0.25) is 5.96 Å². The number of nitrogens with one attached hydrogen (secondary N) is 1. The fourth-order valence-electron chi connectivity index (χ4n) is 3.28. The van der Waals surface area contributed by atoms with Crippen LogP contribution in [-0.2, 0) is 19.6 Å². The summed E-state index contributed by atoms with van der Waals surface area (Å²) in [6.45, 7) is 4.25. The Morgan fingerprint density at radius 1 is 1.31 bits per heavy atom. The van der Waals surface area contributed by atoms with Crippen molar-refractivity contribution in [2.45, 2.75) is 46.1 Å². The molecule has 0 atom stereocenters. The lowest BCUT2D eigenvalue weighted by Gasteiger charge is -2.18. The molecule has 0 radical (unpaired) electrons. The number of hydrogen-bond donors (Lipinski definition) is 1. The number of aliphatic imine (C=N–C) groups is 1. The van der Waals surface area contributed by atoms with Gasteiger partial charge in [-0.15, -0.1) is 11.3 Å². The maximum Gasteiger partial charge on any atom is 0.390 e. The Morgan fingerprint density at radius 3 is 2.66 bits per heavy atom. The lowest BCUT2D eigenvalue weighted by Crippen LogP contribution is -2.39. The summed E-state index contributed by atoms with van der Waals surface area (Å²) in [5, 5.41) is 11.6. The summed E-state index contributed by atoms with van der Waals surface area (Å²) in [7, 11) is 0. The highest BCUT2D eigenvalue weighted by Gasteiger charge is 2.29. The van der Waals surface area contributed by atoms with E-state index < -0.39 is 30.4 Å². The van der Waals surface area contributed by atoms with Crippen molar-refractivity contribution in [3.63, 3.8) is 0 Å². The molecule has 0 saturated carbocycles. The van der Waals surface area contributed by atoms with Gasteiger partial charge >= 0.3 is 11.9 Å². The van der Waals surface area contributed by atoms with Gasteiger partial charge in [0.15, 0.2) is 6.19 Å². The summed E-state index contributed by atoms with van der Waals surface area (Å²) in [6.07, 6.45) is -3.77. The minimum Gasteiger partial charge on any atom is -0.335 e. The highest BCUT2D eigenvalue weighted by atomic mass is 32.1. The fourth-order valence-corrected chi connectivity index (χ4v) is 4.62. The molecule has 3 heterocycles. The predicted octanol–water partition coefficient (Wildman–Crippen LogP) is 1.75. The zero-order chi connectivity index (χ0) is 21.3. The SMILES string of the molecule is CCn1c(=O)c2c(C)c(CN3CCN=C3NC#N)sc2n(CCC(F)(F)F)c1=O. The maximum absolute atomic E-state index is 12.8. The number of alkyl halides is 3. The Morgan fingerprint density at radius 2 is 2.03 bits per heavy atom. The number of nitrogens with zero attached hydrogens (tertiary/aromatic N) is 5. The van der Waals surface area contributed by atoms with Crippen molar-refractivity contribution in [3.05, 3.63) is 31.3 Å². The number of hydrogen-bond acceptors (Lipinski definition) is 7. The number of rotatable bonds is 5. The second kappa shape index (κ2) is 7.90. The number of nitriles is 1. The molecular formula is C17H19F3N6O2S. The number of fused-ring (bicyclic) bond motifs is 1.